The summed E-state index contributed by atoms with van der Waals surface area (Å²) >= 11 is 0. The van der Waals surface area contributed by atoms with Crippen LogP contribution in [0.5, 0.6) is 5.75 Å². The van der Waals surface area contributed by atoms with Crippen molar-refractivity contribution in [3.8, 4) is 11.4 Å². The summed E-state index contributed by atoms with van der Waals surface area (Å²) in [7, 11) is 1.58. The first kappa shape index (κ1) is 16.6. The van der Waals surface area contributed by atoms with Crippen molar-refractivity contribution in [1.82, 2.24) is 24.5 Å². The minimum Gasteiger partial charge on any atom is -0.497 e. The number of carbonyl (C=O) groups is 1. The van der Waals surface area contributed by atoms with Gasteiger partial charge in [0.15, 0.2) is 16.9 Å². The van der Waals surface area contributed by atoms with Gasteiger partial charge in [0.05, 0.1) is 19.3 Å². The normalized spacial score (nSPS) is 10.9. The molecule has 0 atom stereocenters. The highest BCUT2D eigenvalue weighted by Crippen LogP contribution is 2.16. The summed E-state index contributed by atoms with van der Waals surface area (Å²) in [6, 6.07) is 15.9. The topological polar surface area (TPSA) is 91.9 Å². The molecule has 0 saturated heterocycles. The van der Waals surface area contributed by atoms with Gasteiger partial charge in [-0.2, -0.15) is 4.68 Å². The van der Waals surface area contributed by atoms with Crippen molar-refractivity contribution in [2.75, 3.05) is 7.11 Å². The summed E-state index contributed by atoms with van der Waals surface area (Å²) in [4.78, 5) is 29.3. The number of Topliss-reactive ketones (excluding diaryl/α,β-unsaturated/α-hetero) is 1. The number of fused-ring (bicyclic) bond motifs is 1. The predicted molar refractivity (Wildman–Crippen MR) is 98.2 cm³/mol. The molecule has 27 heavy (non-hydrogen) atoms. The molecular formula is C19H15N5O3. The van der Waals surface area contributed by atoms with Crippen LogP contribution < -0.4 is 10.3 Å². The average molecular weight is 361 g/mol. The molecule has 0 fully saturated rings. The quantitative estimate of drug-likeness (QED) is 0.504. The third-order valence-electron chi connectivity index (χ3n) is 4.16. The van der Waals surface area contributed by atoms with Crippen molar-refractivity contribution in [3.05, 3.63) is 76.8 Å². The van der Waals surface area contributed by atoms with Crippen LogP contribution in [0.25, 0.3) is 16.9 Å². The number of nitrogens with zero attached hydrogens (tertiary/aromatic N) is 5. The molecule has 0 saturated carbocycles. The van der Waals surface area contributed by atoms with Crippen LogP contribution in [0, 0.1) is 0 Å². The van der Waals surface area contributed by atoms with Crippen LogP contribution in [0.4, 0.5) is 0 Å². The Bertz CT molecular complexity index is 1160. The Kier molecular flexibility index (Phi) is 4.21. The van der Waals surface area contributed by atoms with E-state index in [1.807, 2.05) is 6.07 Å². The molecular weight excluding hydrogens is 346 g/mol. The molecule has 8 heteroatoms. The fourth-order valence-electron chi connectivity index (χ4n) is 2.72. The van der Waals surface area contributed by atoms with Crippen molar-refractivity contribution >= 4 is 16.9 Å². The molecule has 2 aromatic heterocycles. The van der Waals surface area contributed by atoms with Gasteiger partial charge in [-0.05, 0) is 24.3 Å². The molecule has 0 amide bonds. The predicted octanol–water partition coefficient (Wildman–Crippen LogP) is 1.87. The number of ketones is 1. The molecule has 134 valence electrons. The Hall–Kier alpha value is -3.81. The minimum absolute atomic E-state index is 0.106. The summed E-state index contributed by atoms with van der Waals surface area (Å²) in [5.74, 6) is 0.527. The van der Waals surface area contributed by atoms with Crippen LogP contribution in [-0.2, 0) is 6.54 Å². The largest absolute Gasteiger partial charge is 0.497 e. The van der Waals surface area contributed by atoms with Gasteiger partial charge in [-0.3, -0.25) is 14.2 Å². The maximum absolute atomic E-state index is 12.7. The first-order valence-electron chi connectivity index (χ1n) is 8.21. The zero-order chi connectivity index (χ0) is 18.8. The second-order valence-electron chi connectivity index (χ2n) is 5.84. The number of benzene rings is 2. The van der Waals surface area contributed by atoms with Gasteiger partial charge in [0.1, 0.15) is 12.1 Å². The van der Waals surface area contributed by atoms with Crippen molar-refractivity contribution in [2.24, 2.45) is 0 Å². The zero-order valence-electron chi connectivity index (χ0n) is 14.4. The number of rotatable bonds is 5. The van der Waals surface area contributed by atoms with Crippen LogP contribution >= 0.6 is 0 Å². The van der Waals surface area contributed by atoms with Crippen molar-refractivity contribution in [2.45, 2.75) is 6.54 Å². The number of methoxy groups -OCH3 is 1. The summed E-state index contributed by atoms with van der Waals surface area (Å²) < 4.78 is 7.85. The highest BCUT2D eigenvalue weighted by atomic mass is 16.5. The maximum atomic E-state index is 12.7. The molecule has 0 aliphatic carbocycles. The Labute approximate surface area is 153 Å². The highest BCUT2D eigenvalue weighted by Gasteiger charge is 2.15. The fourth-order valence-corrected chi connectivity index (χ4v) is 2.72. The number of carbonyl (C=O) groups excluding carboxylic acids is 1. The first-order chi connectivity index (χ1) is 13.2. The Balaban J connectivity index is 1.69. The molecule has 4 aromatic rings. The number of ether oxygens (including phenoxy) is 1. The standard InChI is InChI=1S/C19H15N5O3/c1-27-15-9-7-14(8-10-15)24-18-17(21-22-24)19(26)23(12-20-18)11-16(25)13-5-3-2-4-6-13/h2-10,12H,11H2,1H3. The molecule has 0 aliphatic rings. The summed E-state index contributed by atoms with van der Waals surface area (Å²) in [5, 5.41) is 7.98. The summed E-state index contributed by atoms with van der Waals surface area (Å²) in [5.41, 5.74) is 1.25. The number of aromatic nitrogens is 5. The lowest BCUT2D eigenvalue weighted by molar-refractivity contribution is 0.0970. The van der Waals surface area contributed by atoms with Gasteiger partial charge < -0.3 is 4.74 Å². The third-order valence-corrected chi connectivity index (χ3v) is 4.16. The molecule has 0 unspecified atom stereocenters. The van der Waals surface area contributed by atoms with Gasteiger partial charge in [0.2, 0.25) is 0 Å². The molecule has 0 radical (unpaired) electrons. The second-order valence-corrected chi connectivity index (χ2v) is 5.84. The van der Waals surface area contributed by atoms with Crippen LogP contribution in [0.3, 0.4) is 0 Å². The van der Waals surface area contributed by atoms with E-state index in [4.69, 9.17) is 4.74 Å². The highest BCUT2D eigenvalue weighted by molar-refractivity contribution is 5.95. The average Bonchev–Trinajstić information content (AvgIpc) is 3.15. The molecule has 0 bridgehead atoms. The van der Waals surface area contributed by atoms with Crippen molar-refractivity contribution in [1.29, 1.82) is 0 Å². The van der Waals surface area contributed by atoms with Gasteiger partial charge in [-0.25, -0.2) is 4.98 Å². The number of hydrogen-bond acceptors (Lipinski definition) is 6. The van der Waals surface area contributed by atoms with Crippen molar-refractivity contribution < 1.29 is 9.53 Å². The Morgan fingerprint density at radius 3 is 2.52 bits per heavy atom. The molecule has 4 rings (SSSR count). The van der Waals surface area contributed by atoms with Gasteiger partial charge in [-0.15, -0.1) is 5.10 Å². The summed E-state index contributed by atoms with van der Waals surface area (Å²) in [6.07, 6.45) is 1.34. The molecule has 0 aliphatic heterocycles. The molecule has 8 nitrogen and oxygen atoms in total. The van der Waals surface area contributed by atoms with Crippen molar-refractivity contribution in [3.63, 3.8) is 0 Å². The van der Waals surface area contributed by atoms with Gasteiger partial charge in [-0.1, -0.05) is 35.5 Å². The Morgan fingerprint density at radius 2 is 1.81 bits per heavy atom. The molecule has 0 N–H and O–H groups in total. The van der Waals surface area contributed by atoms with E-state index in [-0.39, 0.29) is 17.8 Å². The van der Waals surface area contributed by atoms with Crippen LogP contribution in [0.2, 0.25) is 0 Å². The third kappa shape index (κ3) is 3.08. The lowest BCUT2D eigenvalue weighted by atomic mass is 10.1. The molecule has 2 heterocycles. The lowest BCUT2D eigenvalue weighted by Crippen LogP contribution is -2.25. The van der Waals surface area contributed by atoms with Crippen LogP contribution in [-0.4, -0.2) is 37.4 Å². The fraction of sp³-hybridized carbons (Fsp3) is 0.105. The zero-order valence-corrected chi connectivity index (χ0v) is 14.4. The summed E-state index contributed by atoms with van der Waals surface area (Å²) in [6.45, 7) is -0.110. The van der Waals surface area contributed by atoms with E-state index in [2.05, 4.69) is 15.3 Å². The SMILES string of the molecule is COc1ccc(-n2nnc3c(=O)n(CC(=O)c4ccccc4)cnc32)cc1. The van der Waals surface area contributed by atoms with Crippen LogP contribution in [0.1, 0.15) is 10.4 Å². The van der Waals surface area contributed by atoms with E-state index in [0.717, 1.165) is 0 Å². The first-order valence-corrected chi connectivity index (χ1v) is 8.21. The van der Waals surface area contributed by atoms with Gasteiger partial charge in [0, 0.05) is 5.56 Å². The number of hydrogen-bond donors (Lipinski definition) is 0. The van der Waals surface area contributed by atoms with E-state index < -0.39 is 5.56 Å². The van der Waals surface area contributed by atoms with Gasteiger partial charge >= 0.3 is 0 Å². The molecule has 0 spiro atoms. The minimum atomic E-state index is -0.413. The van der Waals surface area contributed by atoms with E-state index in [0.29, 0.717) is 22.6 Å². The Morgan fingerprint density at radius 1 is 1.07 bits per heavy atom. The second kappa shape index (κ2) is 6.83. The van der Waals surface area contributed by atoms with E-state index >= 15 is 0 Å². The van der Waals surface area contributed by atoms with E-state index in [1.165, 1.54) is 15.6 Å². The van der Waals surface area contributed by atoms with E-state index in [9.17, 15) is 9.59 Å². The molecule has 2 aromatic carbocycles. The van der Waals surface area contributed by atoms with Gasteiger partial charge in [0.25, 0.3) is 5.56 Å². The maximum Gasteiger partial charge on any atom is 0.283 e. The smallest absolute Gasteiger partial charge is 0.283 e. The van der Waals surface area contributed by atoms with E-state index in [1.54, 1.807) is 55.6 Å². The van der Waals surface area contributed by atoms with Crippen LogP contribution in [0.15, 0.2) is 65.7 Å². The monoisotopic (exact) mass is 361 g/mol. The lowest BCUT2D eigenvalue weighted by Gasteiger charge is -2.06.